The molecule has 0 atom stereocenters. The Kier molecular flexibility index (Phi) is 5.68. The Morgan fingerprint density at radius 3 is 2.58 bits per heavy atom. The molecule has 24 heavy (non-hydrogen) atoms. The number of amides is 2. The van der Waals surface area contributed by atoms with E-state index in [9.17, 15) is 14.0 Å². The van der Waals surface area contributed by atoms with Crippen LogP contribution in [0.15, 0.2) is 42.5 Å². The van der Waals surface area contributed by atoms with Gasteiger partial charge in [-0.2, -0.15) is 0 Å². The number of para-hydroxylation sites is 1. The summed E-state index contributed by atoms with van der Waals surface area (Å²) in [4.78, 5) is 25.9. The molecule has 4 nitrogen and oxygen atoms in total. The smallest absolute Gasteiger partial charge is 0.254 e. The Morgan fingerprint density at radius 2 is 1.88 bits per heavy atom. The number of benzene rings is 2. The predicted octanol–water partition coefficient (Wildman–Crippen LogP) is 3.41. The van der Waals surface area contributed by atoms with Crippen LogP contribution in [0.25, 0.3) is 0 Å². The standard InChI is InChI=1S/C19H21FN2O2/c1-4-14-7-5-6-8-17(14)21-18(23)12-22(3)19(24)16-11-15(20)10-9-13(16)2/h5-11H,4,12H2,1-3H3,(H,21,23). The van der Waals surface area contributed by atoms with E-state index in [0.717, 1.165) is 17.7 Å². The molecule has 0 heterocycles. The van der Waals surface area contributed by atoms with Crippen molar-refractivity contribution >= 4 is 17.5 Å². The van der Waals surface area contributed by atoms with Gasteiger partial charge in [-0.25, -0.2) is 4.39 Å². The highest BCUT2D eigenvalue weighted by Crippen LogP contribution is 2.16. The molecule has 0 saturated carbocycles. The molecule has 2 rings (SSSR count). The van der Waals surface area contributed by atoms with Crippen LogP contribution in [0.2, 0.25) is 0 Å². The maximum atomic E-state index is 13.4. The predicted molar refractivity (Wildman–Crippen MR) is 92.5 cm³/mol. The largest absolute Gasteiger partial charge is 0.332 e. The van der Waals surface area contributed by atoms with Gasteiger partial charge in [-0.1, -0.05) is 31.2 Å². The van der Waals surface area contributed by atoms with Crippen LogP contribution in [0.5, 0.6) is 0 Å². The van der Waals surface area contributed by atoms with Gasteiger partial charge in [0.25, 0.3) is 5.91 Å². The molecular weight excluding hydrogens is 307 g/mol. The topological polar surface area (TPSA) is 49.4 Å². The van der Waals surface area contributed by atoms with Crippen molar-refractivity contribution in [2.45, 2.75) is 20.3 Å². The van der Waals surface area contributed by atoms with Crippen molar-refractivity contribution in [3.63, 3.8) is 0 Å². The van der Waals surface area contributed by atoms with Gasteiger partial charge in [0.1, 0.15) is 5.82 Å². The summed E-state index contributed by atoms with van der Waals surface area (Å²) in [6.07, 6.45) is 0.799. The van der Waals surface area contributed by atoms with E-state index < -0.39 is 5.82 Å². The van der Waals surface area contributed by atoms with Crippen molar-refractivity contribution < 1.29 is 14.0 Å². The minimum Gasteiger partial charge on any atom is -0.332 e. The molecule has 2 amide bonds. The van der Waals surface area contributed by atoms with Gasteiger partial charge in [0.15, 0.2) is 0 Å². The Morgan fingerprint density at radius 1 is 1.17 bits per heavy atom. The average molecular weight is 328 g/mol. The van der Waals surface area contributed by atoms with Crippen molar-refractivity contribution in [3.05, 3.63) is 65.0 Å². The second-order valence-electron chi connectivity index (χ2n) is 5.68. The second-order valence-corrected chi connectivity index (χ2v) is 5.68. The van der Waals surface area contributed by atoms with Crippen LogP contribution in [0, 0.1) is 12.7 Å². The van der Waals surface area contributed by atoms with E-state index in [1.54, 1.807) is 13.0 Å². The Bertz CT molecular complexity index is 759. The molecule has 0 aliphatic heterocycles. The molecule has 0 unspecified atom stereocenters. The number of nitrogens with one attached hydrogen (secondary N) is 1. The molecule has 5 heteroatoms. The third kappa shape index (κ3) is 4.19. The van der Waals surface area contributed by atoms with Crippen LogP contribution < -0.4 is 5.32 Å². The summed E-state index contributed by atoms with van der Waals surface area (Å²) in [5.74, 6) is -1.15. The highest BCUT2D eigenvalue weighted by Gasteiger charge is 2.18. The maximum Gasteiger partial charge on any atom is 0.254 e. The lowest BCUT2D eigenvalue weighted by Gasteiger charge is -2.18. The fourth-order valence-corrected chi connectivity index (χ4v) is 2.46. The number of hydrogen-bond acceptors (Lipinski definition) is 2. The lowest BCUT2D eigenvalue weighted by molar-refractivity contribution is -0.116. The Hall–Kier alpha value is -2.69. The molecule has 1 N–H and O–H groups in total. The van der Waals surface area contributed by atoms with Gasteiger partial charge in [0.2, 0.25) is 5.91 Å². The van der Waals surface area contributed by atoms with E-state index in [0.29, 0.717) is 5.56 Å². The second kappa shape index (κ2) is 7.73. The summed E-state index contributed by atoms with van der Waals surface area (Å²) >= 11 is 0. The number of nitrogens with zero attached hydrogens (tertiary/aromatic N) is 1. The minimum atomic E-state index is -0.473. The Labute approximate surface area is 141 Å². The number of halogens is 1. The highest BCUT2D eigenvalue weighted by molar-refractivity contribution is 6.00. The molecule has 0 radical (unpaired) electrons. The Balaban J connectivity index is 2.06. The van der Waals surface area contributed by atoms with Gasteiger partial charge in [-0.15, -0.1) is 0 Å². The zero-order chi connectivity index (χ0) is 17.7. The lowest BCUT2D eigenvalue weighted by atomic mass is 10.1. The first-order chi connectivity index (χ1) is 11.4. The maximum absolute atomic E-state index is 13.4. The van der Waals surface area contributed by atoms with E-state index in [2.05, 4.69) is 5.32 Å². The normalized spacial score (nSPS) is 10.3. The SMILES string of the molecule is CCc1ccccc1NC(=O)CN(C)C(=O)c1cc(F)ccc1C. The monoisotopic (exact) mass is 328 g/mol. The molecule has 0 saturated heterocycles. The molecular formula is C19H21FN2O2. The van der Waals surface area contributed by atoms with Crippen molar-refractivity contribution in [2.75, 3.05) is 18.9 Å². The summed E-state index contributed by atoms with van der Waals surface area (Å²) in [5.41, 5.74) is 2.71. The van der Waals surface area contributed by atoms with Gasteiger partial charge >= 0.3 is 0 Å². The van der Waals surface area contributed by atoms with E-state index in [-0.39, 0.29) is 23.9 Å². The molecule has 0 aliphatic carbocycles. The van der Waals surface area contributed by atoms with Gasteiger partial charge in [-0.3, -0.25) is 9.59 Å². The van der Waals surface area contributed by atoms with Crippen molar-refractivity contribution in [3.8, 4) is 0 Å². The molecule has 2 aromatic rings. The number of carbonyl (C=O) groups is 2. The lowest BCUT2D eigenvalue weighted by Crippen LogP contribution is -2.35. The molecule has 0 aromatic heterocycles. The number of hydrogen-bond donors (Lipinski definition) is 1. The molecule has 0 aliphatic rings. The van der Waals surface area contributed by atoms with Crippen LogP contribution in [-0.4, -0.2) is 30.3 Å². The van der Waals surface area contributed by atoms with Crippen LogP contribution in [0.4, 0.5) is 10.1 Å². The highest BCUT2D eigenvalue weighted by atomic mass is 19.1. The summed E-state index contributed by atoms with van der Waals surface area (Å²) < 4.78 is 13.4. The molecule has 0 fully saturated rings. The van der Waals surface area contributed by atoms with Gasteiger partial charge in [0, 0.05) is 18.3 Å². The first kappa shape index (κ1) is 17.7. The molecule has 126 valence electrons. The summed E-state index contributed by atoms with van der Waals surface area (Å²) in [6.45, 7) is 3.64. The average Bonchev–Trinajstić information content (AvgIpc) is 2.56. The third-order valence-electron chi connectivity index (χ3n) is 3.83. The third-order valence-corrected chi connectivity index (χ3v) is 3.83. The molecule has 0 bridgehead atoms. The minimum absolute atomic E-state index is 0.104. The number of aryl methyl sites for hydroxylation is 2. The summed E-state index contributed by atoms with van der Waals surface area (Å²) in [6, 6.07) is 11.6. The molecule has 2 aromatic carbocycles. The van der Waals surface area contributed by atoms with Crippen molar-refractivity contribution in [2.24, 2.45) is 0 Å². The van der Waals surface area contributed by atoms with Gasteiger partial charge in [0.05, 0.1) is 6.54 Å². The number of carbonyl (C=O) groups excluding carboxylic acids is 2. The number of anilines is 1. The van der Waals surface area contributed by atoms with E-state index >= 15 is 0 Å². The number of rotatable bonds is 5. The number of likely N-dealkylation sites (N-methyl/N-ethyl adjacent to an activating group) is 1. The van der Waals surface area contributed by atoms with Gasteiger partial charge in [-0.05, 0) is 42.7 Å². The molecule has 0 spiro atoms. The van der Waals surface area contributed by atoms with Crippen LogP contribution >= 0.6 is 0 Å². The van der Waals surface area contributed by atoms with E-state index in [1.807, 2.05) is 31.2 Å². The first-order valence-corrected chi connectivity index (χ1v) is 7.81. The quantitative estimate of drug-likeness (QED) is 0.914. The van der Waals surface area contributed by atoms with Crippen LogP contribution in [0.1, 0.15) is 28.4 Å². The summed E-state index contributed by atoms with van der Waals surface area (Å²) in [5, 5.41) is 2.82. The zero-order valence-corrected chi connectivity index (χ0v) is 14.1. The van der Waals surface area contributed by atoms with E-state index in [4.69, 9.17) is 0 Å². The fraction of sp³-hybridized carbons (Fsp3) is 0.263. The van der Waals surface area contributed by atoms with Gasteiger partial charge < -0.3 is 10.2 Å². The first-order valence-electron chi connectivity index (χ1n) is 7.81. The summed E-state index contributed by atoms with van der Waals surface area (Å²) in [7, 11) is 1.53. The van der Waals surface area contributed by atoms with E-state index in [1.165, 1.54) is 24.1 Å². The fourth-order valence-electron chi connectivity index (χ4n) is 2.46. The van der Waals surface area contributed by atoms with Crippen LogP contribution in [-0.2, 0) is 11.2 Å². The van der Waals surface area contributed by atoms with Crippen molar-refractivity contribution in [1.29, 1.82) is 0 Å². The van der Waals surface area contributed by atoms with Crippen molar-refractivity contribution in [1.82, 2.24) is 4.90 Å². The van der Waals surface area contributed by atoms with Crippen LogP contribution in [0.3, 0.4) is 0 Å². The zero-order valence-electron chi connectivity index (χ0n) is 14.1.